The Morgan fingerprint density at radius 1 is 1.33 bits per heavy atom. The van der Waals surface area contributed by atoms with Crippen LogP contribution in [-0.4, -0.2) is 21.2 Å². The van der Waals surface area contributed by atoms with Crippen LogP contribution in [0.3, 0.4) is 0 Å². The topological polar surface area (TPSA) is 81.0 Å². The molecule has 1 aromatic heterocycles. The van der Waals surface area contributed by atoms with Crippen LogP contribution in [0, 0.1) is 10.1 Å². The highest BCUT2D eigenvalue weighted by Gasteiger charge is 2.15. The molecule has 8 heteroatoms. The quantitative estimate of drug-likeness (QED) is 0.489. The van der Waals surface area contributed by atoms with Crippen LogP contribution < -0.4 is 5.32 Å². The average molecular weight is 324 g/mol. The standard InChI is InChI=1S/C13H16N4O2S2/c1-8(2)14-12-15-16-13(21-12)20-9(3)10-5-4-6-11(7-10)17(18)19/h4-9H,1-3H3,(H,14,15). The predicted octanol–water partition coefficient (Wildman–Crippen LogP) is 4.12. The van der Waals surface area contributed by atoms with Crippen molar-refractivity contribution in [1.82, 2.24) is 10.2 Å². The Hall–Kier alpha value is -1.67. The maximum Gasteiger partial charge on any atom is 0.269 e. The van der Waals surface area contributed by atoms with E-state index < -0.39 is 0 Å². The number of non-ortho nitro benzene ring substituents is 1. The maximum absolute atomic E-state index is 10.8. The molecule has 0 saturated heterocycles. The van der Waals surface area contributed by atoms with Gasteiger partial charge < -0.3 is 5.32 Å². The van der Waals surface area contributed by atoms with Gasteiger partial charge in [-0.25, -0.2) is 0 Å². The molecule has 2 aromatic rings. The van der Waals surface area contributed by atoms with Gasteiger partial charge in [0.05, 0.1) is 4.92 Å². The van der Waals surface area contributed by atoms with Crippen LogP contribution in [0.2, 0.25) is 0 Å². The molecule has 0 fully saturated rings. The first-order valence-corrected chi connectivity index (χ1v) is 8.16. The van der Waals surface area contributed by atoms with E-state index in [4.69, 9.17) is 0 Å². The predicted molar refractivity (Wildman–Crippen MR) is 86.0 cm³/mol. The minimum Gasteiger partial charge on any atom is -0.358 e. The molecule has 112 valence electrons. The molecular formula is C13H16N4O2S2. The summed E-state index contributed by atoms with van der Waals surface area (Å²) in [4.78, 5) is 10.4. The number of nitrogens with one attached hydrogen (secondary N) is 1. The molecule has 1 N–H and O–H groups in total. The first-order chi connectivity index (χ1) is 9.95. The Kier molecular flexibility index (Phi) is 5.13. The monoisotopic (exact) mass is 324 g/mol. The van der Waals surface area contributed by atoms with Gasteiger partial charge in [0.25, 0.3) is 5.69 Å². The van der Waals surface area contributed by atoms with Crippen molar-refractivity contribution < 1.29 is 4.92 Å². The van der Waals surface area contributed by atoms with Crippen molar-refractivity contribution in [3.8, 4) is 0 Å². The summed E-state index contributed by atoms with van der Waals surface area (Å²) < 4.78 is 0.845. The van der Waals surface area contributed by atoms with Gasteiger partial charge in [0.2, 0.25) is 5.13 Å². The number of nitro groups is 1. The van der Waals surface area contributed by atoms with E-state index in [9.17, 15) is 10.1 Å². The number of hydrogen-bond acceptors (Lipinski definition) is 7. The Labute approximate surface area is 131 Å². The number of aromatic nitrogens is 2. The number of benzene rings is 1. The van der Waals surface area contributed by atoms with E-state index in [0.29, 0.717) is 6.04 Å². The molecule has 0 radical (unpaired) electrons. The number of hydrogen-bond donors (Lipinski definition) is 1. The Morgan fingerprint density at radius 3 is 2.76 bits per heavy atom. The highest BCUT2D eigenvalue weighted by atomic mass is 32.2. The Bertz CT molecular complexity index is 630. The molecule has 0 aliphatic heterocycles. The molecule has 0 saturated carbocycles. The van der Waals surface area contributed by atoms with Crippen molar-refractivity contribution >= 4 is 33.9 Å². The van der Waals surface area contributed by atoms with Crippen molar-refractivity contribution in [1.29, 1.82) is 0 Å². The van der Waals surface area contributed by atoms with Gasteiger partial charge in [-0.2, -0.15) is 0 Å². The van der Waals surface area contributed by atoms with Gasteiger partial charge in [-0.1, -0.05) is 35.2 Å². The molecule has 1 unspecified atom stereocenters. The van der Waals surface area contributed by atoms with E-state index >= 15 is 0 Å². The van der Waals surface area contributed by atoms with Gasteiger partial charge >= 0.3 is 0 Å². The molecule has 0 aliphatic rings. The second-order valence-corrected chi connectivity index (χ2v) is 7.35. The van der Waals surface area contributed by atoms with Gasteiger partial charge in [0.1, 0.15) is 0 Å². The lowest BCUT2D eigenvalue weighted by molar-refractivity contribution is -0.384. The smallest absolute Gasteiger partial charge is 0.269 e. The first-order valence-electron chi connectivity index (χ1n) is 6.46. The molecule has 1 heterocycles. The van der Waals surface area contributed by atoms with Crippen LogP contribution in [0.15, 0.2) is 28.6 Å². The van der Waals surface area contributed by atoms with Gasteiger partial charge in [0.15, 0.2) is 4.34 Å². The van der Waals surface area contributed by atoms with E-state index in [1.165, 1.54) is 17.4 Å². The van der Waals surface area contributed by atoms with Crippen LogP contribution in [0.1, 0.15) is 31.6 Å². The van der Waals surface area contributed by atoms with Gasteiger partial charge in [0, 0.05) is 23.4 Å². The summed E-state index contributed by atoms with van der Waals surface area (Å²) in [6.45, 7) is 6.08. The summed E-state index contributed by atoms with van der Waals surface area (Å²) in [6, 6.07) is 7.00. The average Bonchev–Trinajstić information content (AvgIpc) is 2.85. The van der Waals surface area contributed by atoms with Crippen molar-refractivity contribution in [3.63, 3.8) is 0 Å². The van der Waals surface area contributed by atoms with E-state index in [0.717, 1.165) is 15.0 Å². The molecule has 0 aliphatic carbocycles. The largest absolute Gasteiger partial charge is 0.358 e. The van der Waals surface area contributed by atoms with Crippen LogP contribution in [0.5, 0.6) is 0 Å². The fraction of sp³-hybridized carbons (Fsp3) is 0.385. The molecular weight excluding hydrogens is 308 g/mol. The molecule has 0 amide bonds. The second-order valence-electron chi connectivity index (χ2n) is 4.78. The molecule has 1 atom stereocenters. The van der Waals surface area contributed by atoms with Crippen LogP contribution in [-0.2, 0) is 0 Å². The van der Waals surface area contributed by atoms with Crippen molar-refractivity contribution in [2.24, 2.45) is 0 Å². The van der Waals surface area contributed by atoms with Crippen LogP contribution in [0.25, 0.3) is 0 Å². The Balaban J connectivity index is 2.07. The summed E-state index contributed by atoms with van der Waals surface area (Å²) in [6.07, 6.45) is 0. The molecule has 0 spiro atoms. The third kappa shape index (κ3) is 4.40. The maximum atomic E-state index is 10.8. The third-order valence-electron chi connectivity index (χ3n) is 2.65. The molecule has 6 nitrogen and oxygen atoms in total. The summed E-state index contributed by atoms with van der Waals surface area (Å²) in [7, 11) is 0. The van der Waals surface area contributed by atoms with E-state index in [1.807, 2.05) is 26.8 Å². The highest BCUT2D eigenvalue weighted by Crippen LogP contribution is 2.38. The van der Waals surface area contributed by atoms with Gasteiger partial charge in [-0.15, -0.1) is 10.2 Å². The summed E-state index contributed by atoms with van der Waals surface area (Å²) in [5, 5.41) is 23.1. The molecule has 0 bridgehead atoms. The fourth-order valence-electron chi connectivity index (χ4n) is 1.67. The van der Waals surface area contributed by atoms with Crippen molar-refractivity contribution in [2.75, 3.05) is 5.32 Å². The van der Waals surface area contributed by atoms with Crippen LogP contribution >= 0.6 is 23.1 Å². The van der Waals surface area contributed by atoms with Crippen LogP contribution in [0.4, 0.5) is 10.8 Å². The zero-order chi connectivity index (χ0) is 15.4. The first kappa shape index (κ1) is 15.7. The number of nitrogens with zero attached hydrogens (tertiary/aromatic N) is 3. The normalized spacial score (nSPS) is 12.4. The highest BCUT2D eigenvalue weighted by molar-refractivity contribution is 8.01. The number of rotatable bonds is 6. The lowest BCUT2D eigenvalue weighted by atomic mass is 10.1. The summed E-state index contributed by atoms with van der Waals surface area (Å²) in [5.74, 6) is 0. The van der Waals surface area contributed by atoms with E-state index in [1.54, 1.807) is 23.9 Å². The molecule has 2 rings (SSSR count). The second kappa shape index (κ2) is 6.86. The van der Waals surface area contributed by atoms with E-state index in [-0.39, 0.29) is 15.9 Å². The summed E-state index contributed by atoms with van der Waals surface area (Å²) in [5.41, 5.74) is 1.02. The zero-order valence-corrected chi connectivity index (χ0v) is 13.6. The fourth-order valence-corrected chi connectivity index (χ4v) is 3.83. The lowest BCUT2D eigenvalue weighted by Crippen LogP contribution is -2.08. The lowest BCUT2D eigenvalue weighted by Gasteiger charge is -2.08. The number of thioether (sulfide) groups is 1. The van der Waals surface area contributed by atoms with Gasteiger partial charge in [-0.3, -0.25) is 10.1 Å². The third-order valence-corrected chi connectivity index (χ3v) is 4.74. The molecule has 21 heavy (non-hydrogen) atoms. The minimum atomic E-state index is -0.378. The zero-order valence-electron chi connectivity index (χ0n) is 11.9. The molecule has 1 aromatic carbocycles. The SMILES string of the molecule is CC(C)Nc1nnc(SC(C)c2cccc([N+](=O)[O-])c2)s1. The van der Waals surface area contributed by atoms with Gasteiger partial charge in [-0.05, 0) is 26.3 Å². The summed E-state index contributed by atoms with van der Waals surface area (Å²) >= 11 is 3.04. The Morgan fingerprint density at radius 2 is 2.10 bits per heavy atom. The number of anilines is 1. The minimum absolute atomic E-state index is 0.0738. The van der Waals surface area contributed by atoms with Crippen molar-refractivity contribution in [2.45, 2.75) is 36.4 Å². The van der Waals surface area contributed by atoms with E-state index in [2.05, 4.69) is 15.5 Å². The van der Waals surface area contributed by atoms with Crippen molar-refractivity contribution in [3.05, 3.63) is 39.9 Å². The number of nitro benzene ring substituents is 1.